The number of hydrogen-bond donors (Lipinski definition) is 0. The fourth-order valence-electron chi connectivity index (χ4n) is 2.51. The molecule has 0 radical (unpaired) electrons. The van der Waals surface area contributed by atoms with Crippen LogP contribution >= 0.6 is 0 Å². The third kappa shape index (κ3) is 1.37. The second kappa shape index (κ2) is 3.66. The van der Waals surface area contributed by atoms with Gasteiger partial charge in [-0.25, -0.2) is 9.50 Å². The Hall–Kier alpha value is -2.17. The number of aromatic nitrogens is 4. The highest BCUT2D eigenvalue weighted by Crippen LogP contribution is 2.22. The molecule has 0 aliphatic heterocycles. The number of fused-ring (bicyclic) bond motifs is 3. The Balaban J connectivity index is 1.95. The molecule has 0 aromatic carbocycles. The van der Waals surface area contributed by atoms with Crippen LogP contribution in [0.15, 0.2) is 29.0 Å². The molecule has 18 heavy (non-hydrogen) atoms. The normalized spacial score (nSPS) is 14.9. The molecule has 4 rings (SSSR count). The first kappa shape index (κ1) is 9.82. The predicted molar refractivity (Wildman–Crippen MR) is 65.1 cm³/mol. The second-order valence-electron chi connectivity index (χ2n) is 4.56. The van der Waals surface area contributed by atoms with Gasteiger partial charge in [-0.3, -0.25) is 0 Å². The Kier molecular flexibility index (Phi) is 2.00. The molecule has 3 heterocycles. The molecule has 1 aliphatic carbocycles. The molecule has 3 aromatic heterocycles. The van der Waals surface area contributed by atoms with Crippen LogP contribution in [0, 0.1) is 0 Å². The molecule has 0 amide bonds. The van der Waals surface area contributed by atoms with E-state index < -0.39 is 0 Å². The Bertz CT molecular complexity index is 699. The van der Waals surface area contributed by atoms with Gasteiger partial charge in [-0.05, 0) is 43.4 Å². The molecular weight excluding hydrogens is 228 g/mol. The fraction of sp³-hybridized carbons (Fsp3) is 0.308. The third-order valence-electron chi connectivity index (χ3n) is 3.40. The van der Waals surface area contributed by atoms with Crippen molar-refractivity contribution in [3.63, 3.8) is 0 Å². The van der Waals surface area contributed by atoms with Crippen molar-refractivity contribution < 1.29 is 4.42 Å². The Morgan fingerprint density at radius 3 is 3.06 bits per heavy atom. The van der Waals surface area contributed by atoms with Crippen LogP contribution in [0.25, 0.3) is 17.4 Å². The van der Waals surface area contributed by atoms with Crippen LogP contribution in [0.2, 0.25) is 0 Å². The molecule has 3 aromatic rings. The minimum Gasteiger partial charge on any atom is -0.461 e. The summed E-state index contributed by atoms with van der Waals surface area (Å²) >= 11 is 0. The molecule has 0 fully saturated rings. The Labute approximate surface area is 103 Å². The second-order valence-corrected chi connectivity index (χ2v) is 4.56. The first-order valence-corrected chi connectivity index (χ1v) is 6.19. The third-order valence-corrected chi connectivity index (χ3v) is 3.40. The average Bonchev–Trinajstić information content (AvgIpc) is 3.07. The maximum absolute atomic E-state index is 5.33. The summed E-state index contributed by atoms with van der Waals surface area (Å²) in [6.45, 7) is 0. The number of rotatable bonds is 1. The topological polar surface area (TPSA) is 56.2 Å². The van der Waals surface area contributed by atoms with Crippen LogP contribution in [0.5, 0.6) is 0 Å². The number of aryl methyl sites for hydroxylation is 2. The van der Waals surface area contributed by atoms with E-state index >= 15 is 0 Å². The highest BCUT2D eigenvalue weighted by Gasteiger charge is 2.17. The molecule has 90 valence electrons. The van der Waals surface area contributed by atoms with Gasteiger partial charge in [-0.1, -0.05) is 0 Å². The number of hydrogen-bond acceptors (Lipinski definition) is 4. The van der Waals surface area contributed by atoms with Crippen LogP contribution in [-0.2, 0) is 12.8 Å². The summed E-state index contributed by atoms with van der Waals surface area (Å²) < 4.78 is 7.19. The molecule has 0 saturated carbocycles. The van der Waals surface area contributed by atoms with E-state index in [0.29, 0.717) is 17.4 Å². The first-order chi connectivity index (χ1) is 8.92. The summed E-state index contributed by atoms with van der Waals surface area (Å²) in [7, 11) is 0. The standard InChI is InChI=1S/C13H12N4O/c1-2-5-10-9(4-1)8-14-13-15-12(16-17(10)13)11-6-3-7-18-11/h3,6-8H,1-2,4-5H2. The van der Waals surface area contributed by atoms with Gasteiger partial charge >= 0.3 is 0 Å². The monoisotopic (exact) mass is 240 g/mol. The van der Waals surface area contributed by atoms with Crippen molar-refractivity contribution in [2.45, 2.75) is 25.7 Å². The highest BCUT2D eigenvalue weighted by atomic mass is 16.3. The van der Waals surface area contributed by atoms with Gasteiger partial charge in [0.05, 0.1) is 12.0 Å². The summed E-state index contributed by atoms with van der Waals surface area (Å²) in [6, 6.07) is 3.70. The van der Waals surface area contributed by atoms with E-state index in [-0.39, 0.29) is 0 Å². The SMILES string of the molecule is c1coc(-c2nc3ncc4c(n3n2)CCCC4)c1. The van der Waals surface area contributed by atoms with Crippen LogP contribution in [0.1, 0.15) is 24.1 Å². The lowest BCUT2D eigenvalue weighted by Gasteiger charge is -2.14. The molecule has 0 spiro atoms. The summed E-state index contributed by atoms with van der Waals surface area (Å²) in [5.74, 6) is 1.94. The van der Waals surface area contributed by atoms with Gasteiger partial charge in [0.2, 0.25) is 5.82 Å². The van der Waals surface area contributed by atoms with Crippen molar-refractivity contribution in [3.05, 3.63) is 35.9 Å². The van der Waals surface area contributed by atoms with E-state index in [0.717, 1.165) is 12.8 Å². The zero-order chi connectivity index (χ0) is 11.9. The molecule has 0 saturated heterocycles. The lowest BCUT2D eigenvalue weighted by Crippen LogP contribution is -2.10. The summed E-state index contributed by atoms with van der Waals surface area (Å²) in [4.78, 5) is 8.78. The first-order valence-electron chi connectivity index (χ1n) is 6.19. The van der Waals surface area contributed by atoms with Crippen molar-refractivity contribution in [2.75, 3.05) is 0 Å². The molecule has 5 nitrogen and oxygen atoms in total. The van der Waals surface area contributed by atoms with Gasteiger partial charge in [-0.2, -0.15) is 4.98 Å². The van der Waals surface area contributed by atoms with E-state index in [4.69, 9.17) is 4.42 Å². The Morgan fingerprint density at radius 1 is 1.22 bits per heavy atom. The number of nitrogens with zero attached hydrogens (tertiary/aromatic N) is 4. The zero-order valence-corrected chi connectivity index (χ0v) is 9.83. The molecule has 0 unspecified atom stereocenters. The van der Waals surface area contributed by atoms with Crippen LogP contribution in [0.4, 0.5) is 0 Å². The maximum Gasteiger partial charge on any atom is 0.253 e. The zero-order valence-electron chi connectivity index (χ0n) is 9.83. The Morgan fingerprint density at radius 2 is 2.17 bits per heavy atom. The van der Waals surface area contributed by atoms with Crippen LogP contribution in [0.3, 0.4) is 0 Å². The minimum absolute atomic E-state index is 0.603. The minimum atomic E-state index is 0.603. The summed E-state index contributed by atoms with van der Waals surface area (Å²) in [6.07, 6.45) is 8.15. The molecule has 0 N–H and O–H groups in total. The quantitative estimate of drug-likeness (QED) is 0.654. The van der Waals surface area contributed by atoms with Crippen molar-refractivity contribution >= 4 is 5.78 Å². The number of furan rings is 1. The van der Waals surface area contributed by atoms with Crippen molar-refractivity contribution in [2.24, 2.45) is 0 Å². The van der Waals surface area contributed by atoms with Gasteiger partial charge in [0, 0.05) is 6.20 Å². The van der Waals surface area contributed by atoms with E-state index in [1.54, 1.807) is 6.26 Å². The molecule has 0 atom stereocenters. The molecule has 5 heteroatoms. The fourth-order valence-corrected chi connectivity index (χ4v) is 2.51. The predicted octanol–water partition coefficient (Wildman–Crippen LogP) is 2.26. The van der Waals surface area contributed by atoms with Gasteiger partial charge in [0.15, 0.2) is 5.76 Å². The van der Waals surface area contributed by atoms with Crippen molar-refractivity contribution in [1.29, 1.82) is 0 Å². The van der Waals surface area contributed by atoms with E-state index in [9.17, 15) is 0 Å². The van der Waals surface area contributed by atoms with Gasteiger partial charge in [-0.15, -0.1) is 5.10 Å². The summed E-state index contributed by atoms with van der Waals surface area (Å²) in [5.41, 5.74) is 2.54. The van der Waals surface area contributed by atoms with E-state index in [2.05, 4.69) is 15.1 Å². The van der Waals surface area contributed by atoms with Gasteiger partial charge in [0.25, 0.3) is 5.78 Å². The lowest BCUT2D eigenvalue weighted by atomic mass is 9.98. The highest BCUT2D eigenvalue weighted by molar-refractivity contribution is 5.50. The maximum atomic E-state index is 5.33. The van der Waals surface area contributed by atoms with Gasteiger partial charge in [0.1, 0.15) is 0 Å². The van der Waals surface area contributed by atoms with Crippen LogP contribution in [-0.4, -0.2) is 19.6 Å². The molecule has 0 bridgehead atoms. The van der Waals surface area contributed by atoms with Crippen molar-refractivity contribution in [1.82, 2.24) is 19.6 Å². The van der Waals surface area contributed by atoms with Crippen LogP contribution < -0.4 is 0 Å². The van der Waals surface area contributed by atoms with Crippen molar-refractivity contribution in [3.8, 4) is 11.6 Å². The largest absolute Gasteiger partial charge is 0.461 e. The van der Waals surface area contributed by atoms with Gasteiger partial charge < -0.3 is 4.42 Å². The molecular formula is C13H12N4O. The molecule has 1 aliphatic rings. The smallest absolute Gasteiger partial charge is 0.253 e. The summed E-state index contributed by atoms with van der Waals surface area (Å²) in [5, 5.41) is 4.52. The lowest BCUT2D eigenvalue weighted by molar-refractivity contribution is 0.576. The average molecular weight is 240 g/mol. The van der Waals surface area contributed by atoms with E-state index in [1.165, 1.54) is 24.1 Å². The van der Waals surface area contributed by atoms with E-state index in [1.807, 2.05) is 22.8 Å².